The molecule has 5 rings (SSSR count). The Morgan fingerprint density at radius 1 is 0.847 bits per heavy atom. The van der Waals surface area contributed by atoms with Crippen LogP contribution in [0, 0.1) is 5.92 Å². The standard InChI is InChI=1S/C45H52ClN3O10/c1-9-36(29-15-17-34(43(52)59-45(2,3)4)40(21-29)58-27-28-13-11-10-12-14-28)47-44(53)49-26-41(50)48(25-35-38(56-7)22-33(54-5)23-39(35)57-8)24-31(42(49)51)19-30-20-32(46)16-18-37(30)55-6/h10-18,20-23,31,36H,9,19,24-27H2,1-8H3,(H,47,53)/t31-,36-/m1/s1. The first-order valence-corrected chi connectivity index (χ1v) is 19.6. The fourth-order valence-electron chi connectivity index (χ4n) is 6.81. The predicted octanol–water partition coefficient (Wildman–Crippen LogP) is 7.80. The van der Waals surface area contributed by atoms with E-state index in [4.69, 9.17) is 40.0 Å². The Labute approximate surface area is 350 Å². The van der Waals surface area contributed by atoms with E-state index in [1.54, 1.807) is 69.3 Å². The number of carbonyl (C=O) groups excluding carboxylic acids is 4. The van der Waals surface area contributed by atoms with Gasteiger partial charge in [0.1, 0.15) is 53.1 Å². The molecule has 1 aliphatic rings. The van der Waals surface area contributed by atoms with E-state index >= 15 is 0 Å². The molecule has 1 heterocycles. The van der Waals surface area contributed by atoms with E-state index in [9.17, 15) is 19.2 Å². The highest BCUT2D eigenvalue weighted by Gasteiger charge is 2.39. The van der Waals surface area contributed by atoms with E-state index in [0.717, 1.165) is 10.5 Å². The van der Waals surface area contributed by atoms with Crippen molar-refractivity contribution in [1.29, 1.82) is 0 Å². The Kier molecular flexibility index (Phi) is 14.7. The van der Waals surface area contributed by atoms with Gasteiger partial charge in [-0.1, -0.05) is 54.9 Å². The van der Waals surface area contributed by atoms with Crippen LogP contribution in [-0.2, 0) is 33.9 Å². The molecule has 4 aromatic carbocycles. The molecule has 0 aliphatic carbocycles. The number of hydrogen-bond donors (Lipinski definition) is 1. The smallest absolute Gasteiger partial charge is 0.342 e. The van der Waals surface area contributed by atoms with Crippen molar-refractivity contribution in [3.63, 3.8) is 0 Å². The van der Waals surface area contributed by atoms with E-state index in [0.29, 0.717) is 51.1 Å². The molecule has 0 spiro atoms. The van der Waals surface area contributed by atoms with Crippen molar-refractivity contribution in [3.8, 4) is 28.7 Å². The molecule has 4 aromatic rings. The van der Waals surface area contributed by atoms with E-state index in [2.05, 4.69) is 5.32 Å². The van der Waals surface area contributed by atoms with E-state index in [1.165, 1.54) is 33.3 Å². The van der Waals surface area contributed by atoms with E-state index in [1.807, 2.05) is 37.3 Å². The number of nitrogens with one attached hydrogen (secondary N) is 1. The number of urea groups is 1. The van der Waals surface area contributed by atoms with Gasteiger partial charge in [0, 0.05) is 23.7 Å². The van der Waals surface area contributed by atoms with Gasteiger partial charge in [0.05, 0.1) is 52.5 Å². The molecule has 314 valence electrons. The quantitative estimate of drug-likeness (QED) is 0.118. The molecule has 2 atom stereocenters. The topological polar surface area (TPSA) is 142 Å². The van der Waals surface area contributed by atoms with Crippen LogP contribution in [0.3, 0.4) is 0 Å². The summed E-state index contributed by atoms with van der Waals surface area (Å²) in [6.07, 6.45) is 0.510. The fourth-order valence-corrected chi connectivity index (χ4v) is 7.01. The summed E-state index contributed by atoms with van der Waals surface area (Å²) in [6.45, 7) is 6.83. The number of carbonyl (C=O) groups is 4. The van der Waals surface area contributed by atoms with Crippen LogP contribution in [0.1, 0.15) is 72.8 Å². The lowest BCUT2D eigenvalue weighted by Gasteiger charge is -2.26. The molecule has 0 radical (unpaired) electrons. The van der Waals surface area contributed by atoms with Gasteiger partial charge in [-0.25, -0.2) is 9.59 Å². The maximum absolute atomic E-state index is 14.5. The van der Waals surface area contributed by atoms with Crippen LogP contribution in [0.4, 0.5) is 4.79 Å². The van der Waals surface area contributed by atoms with Crippen LogP contribution in [0.5, 0.6) is 28.7 Å². The molecule has 1 saturated heterocycles. The summed E-state index contributed by atoms with van der Waals surface area (Å²) in [7, 11) is 6.04. The van der Waals surface area contributed by atoms with Gasteiger partial charge in [-0.05, 0) is 80.6 Å². The van der Waals surface area contributed by atoms with Gasteiger partial charge >= 0.3 is 12.0 Å². The molecular formula is C45H52ClN3O10. The Morgan fingerprint density at radius 2 is 1.53 bits per heavy atom. The summed E-state index contributed by atoms with van der Waals surface area (Å²) in [5, 5.41) is 3.41. The zero-order valence-electron chi connectivity index (χ0n) is 34.8. The third kappa shape index (κ3) is 11.2. The highest BCUT2D eigenvalue weighted by Crippen LogP contribution is 2.36. The number of benzene rings is 4. The van der Waals surface area contributed by atoms with Gasteiger partial charge in [-0.2, -0.15) is 0 Å². The molecule has 0 unspecified atom stereocenters. The summed E-state index contributed by atoms with van der Waals surface area (Å²) in [6, 6.07) is 21.6. The third-order valence-corrected chi connectivity index (χ3v) is 10.0. The Bertz CT molecular complexity index is 2110. The van der Waals surface area contributed by atoms with Crippen molar-refractivity contribution in [3.05, 3.63) is 112 Å². The van der Waals surface area contributed by atoms with Gasteiger partial charge in [0.2, 0.25) is 11.8 Å². The number of hydrogen-bond acceptors (Lipinski definition) is 10. The lowest BCUT2D eigenvalue weighted by atomic mass is 9.96. The van der Waals surface area contributed by atoms with Crippen LogP contribution in [-0.4, -0.2) is 80.7 Å². The minimum absolute atomic E-state index is 0.00837. The van der Waals surface area contributed by atoms with Crippen LogP contribution in [0.2, 0.25) is 5.02 Å². The lowest BCUT2D eigenvalue weighted by molar-refractivity contribution is -0.135. The Hall–Kier alpha value is -5.95. The Morgan fingerprint density at radius 3 is 2.14 bits per heavy atom. The molecule has 0 bridgehead atoms. The summed E-state index contributed by atoms with van der Waals surface area (Å²) in [5.41, 5.74) is 2.16. The predicted molar refractivity (Wildman–Crippen MR) is 222 cm³/mol. The van der Waals surface area contributed by atoms with Crippen LogP contribution in [0.15, 0.2) is 78.9 Å². The van der Waals surface area contributed by atoms with Crippen molar-refractivity contribution in [2.45, 2.75) is 65.3 Å². The Balaban J connectivity index is 1.47. The summed E-state index contributed by atoms with van der Waals surface area (Å²) in [4.78, 5) is 58.8. The van der Waals surface area contributed by atoms with Crippen LogP contribution < -0.4 is 29.0 Å². The van der Waals surface area contributed by atoms with Crippen molar-refractivity contribution in [2.75, 3.05) is 41.5 Å². The monoisotopic (exact) mass is 829 g/mol. The lowest BCUT2D eigenvalue weighted by Crippen LogP contribution is -2.48. The first kappa shape index (κ1) is 44.2. The zero-order valence-corrected chi connectivity index (χ0v) is 35.5. The second kappa shape index (κ2) is 19.7. The number of methoxy groups -OCH3 is 4. The largest absolute Gasteiger partial charge is 0.496 e. The molecule has 1 aliphatic heterocycles. The molecule has 1 N–H and O–H groups in total. The number of rotatable bonds is 15. The first-order chi connectivity index (χ1) is 28.2. The van der Waals surface area contributed by atoms with Gasteiger partial charge in [0.25, 0.3) is 0 Å². The number of esters is 1. The molecule has 0 saturated carbocycles. The van der Waals surface area contributed by atoms with Crippen molar-refractivity contribution < 1.29 is 47.6 Å². The highest BCUT2D eigenvalue weighted by atomic mass is 35.5. The number of halogens is 1. The molecule has 0 aromatic heterocycles. The van der Waals surface area contributed by atoms with Crippen molar-refractivity contribution >= 4 is 35.4 Å². The molecular weight excluding hydrogens is 778 g/mol. The van der Waals surface area contributed by atoms with Gasteiger partial charge in [0.15, 0.2) is 0 Å². The number of imide groups is 1. The second-order valence-electron chi connectivity index (χ2n) is 15.0. The average molecular weight is 830 g/mol. The van der Waals surface area contributed by atoms with E-state index in [-0.39, 0.29) is 37.4 Å². The third-order valence-electron chi connectivity index (χ3n) is 9.79. The SMILES string of the molecule is CC[C@@H](NC(=O)N1CC(=O)N(Cc2c(OC)cc(OC)cc2OC)C[C@@H](Cc2cc(Cl)ccc2OC)C1=O)c1ccc(C(=O)OC(C)(C)C)c(OCc2ccccc2)c1. The van der Waals surface area contributed by atoms with Crippen molar-refractivity contribution in [1.82, 2.24) is 15.1 Å². The first-order valence-electron chi connectivity index (χ1n) is 19.2. The molecule has 14 heteroatoms. The number of nitrogens with zero attached hydrogens (tertiary/aromatic N) is 2. The number of amides is 4. The minimum atomic E-state index is -0.888. The zero-order chi connectivity index (χ0) is 42.9. The second-order valence-corrected chi connectivity index (χ2v) is 15.4. The van der Waals surface area contributed by atoms with Gasteiger partial charge in [-0.15, -0.1) is 0 Å². The van der Waals surface area contributed by atoms with Gasteiger partial charge in [-0.3, -0.25) is 14.5 Å². The molecule has 1 fully saturated rings. The average Bonchev–Trinajstić information content (AvgIpc) is 3.33. The highest BCUT2D eigenvalue weighted by molar-refractivity contribution is 6.30. The molecule has 4 amide bonds. The maximum atomic E-state index is 14.5. The summed E-state index contributed by atoms with van der Waals surface area (Å²) >= 11 is 6.39. The van der Waals surface area contributed by atoms with E-state index < -0.39 is 47.9 Å². The summed E-state index contributed by atoms with van der Waals surface area (Å²) in [5.74, 6) is -0.374. The van der Waals surface area contributed by atoms with Crippen LogP contribution in [0.25, 0.3) is 0 Å². The molecule has 13 nitrogen and oxygen atoms in total. The normalized spacial score (nSPS) is 14.9. The summed E-state index contributed by atoms with van der Waals surface area (Å²) < 4.78 is 34.2. The minimum Gasteiger partial charge on any atom is -0.496 e. The fraction of sp³-hybridized carbons (Fsp3) is 0.378. The van der Waals surface area contributed by atoms with Gasteiger partial charge < -0.3 is 38.6 Å². The maximum Gasteiger partial charge on any atom is 0.342 e. The van der Waals surface area contributed by atoms with Crippen LogP contribution >= 0.6 is 11.6 Å². The molecule has 59 heavy (non-hydrogen) atoms. The number of ether oxygens (including phenoxy) is 6. The van der Waals surface area contributed by atoms with Crippen molar-refractivity contribution in [2.24, 2.45) is 5.92 Å².